The first-order valence-corrected chi connectivity index (χ1v) is 8.34. The number of anilines is 2. The van der Waals surface area contributed by atoms with Crippen LogP contribution in [0, 0.1) is 6.92 Å². The van der Waals surface area contributed by atoms with Crippen molar-refractivity contribution in [2.24, 2.45) is 0 Å². The molecule has 0 aliphatic rings. The number of hydrogen-bond donors (Lipinski definition) is 2. The van der Waals surface area contributed by atoms with Gasteiger partial charge in [0.15, 0.2) is 11.5 Å². The fourth-order valence-corrected chi connectivity index (χ4v) is 2.54. The minimum absolute atomic E-state index is 0.0428. The van der Waals surface area contributed by atoms with Gasteiger partial charge in [0.2, 0.25) is 5.91 Å². The molecule has 0 saturated heterocycles. The maximum Gasteiger partial charge on any atom is 0.226 e. The van der Waals surface area contributed by atoms with Crippen LogP contribution in [0.5, 0.6) is 11.5 Å². The Bertz CT molecular complexity index is 719. The molecule has 0 fully saturated rings. The van der Waals surface area contributed by atoms with Gasteiger partial charge in [-0.25, -0.2) is 0 Å². The highest BCUT2D eigenvalue weighted by atomic mass is 79.9. The highest BCUT2D eigenvalue weighted by molar-refractivity contribution is 9.10. The molecular formula is C18H21BrN2O3. The van der Waals surface area contributed by atoms with Gasteiger partial charge in [0.25, 0.3) is 0 Å². The molecule has 5 nitrogen and oxygen atoms in total. The number of carbonyl (C=O) groups is 1. The molecule has 2 aromatic carbocycles. The van der Waals surface area contributed by atoms with Crippen LogP contribution in [-0.4, -0.2) is 26.7 Å². The highest BCUT2D eigenvalue weighted by Gasteiger charge is 2.06. The third kappa shape index (κ3) is 4.89. The van der Waals surface area contributed by atoms with Crippen LogP contribution < -0.4 is 20.1 Å². The largest absolute Gasteiger partial charge is 0.493 e. The smallest absolute Gasteiger partial charge is 0.226 e. The SMILES string of the molecule is COc1ccc(NCCC(=O)Nc2ccc(C)c(Br)c2)cc1OC. The van der Waals surface area contributed by atoms with Crippen LogP contribution in [0.15, 0.2) is 40.9 Å². The van der Waals surface area contributed by atoms with E-state index >= 15 is 0 Å². The molecule has 1 amide bonds. The molecule has 0 heterocycles. The van der Waals surface area contributed by atoms with Crippen LogP contribution >= 0.6 is 15.9 Å². The number of aryl methyl sites for hydroxylation is 1. The molecule has 24 heavy (non-hydrogen) atoms. The third-order valence-corrected chi connectivity index (χ3v) is 4.37. The Hall–Kier alpha value is -2.21. The van der Waals surface area contributed by atoms with E-state index in [0.717, 1.165) is 21.4 Å². The summed E-state index contributed by atoms with van der Waals surface area (Å²) < 4.78 is 11.4. The van der Waals surface area contributed by atoms with Crippen LogP contribution in [0.4, 0.5) is 11.4 Å². The normalized spacial score (nSPS) is 10.2. The lowest BCUT2D eigenvalue weighted by Crippen LogP contribution is -2.16. The molecule has 128 valence electrons. The van der Waals surface area contributed by atoms with Crippen molar-refractivity contribution < 1.29 is 14.3 Å². The highest BCUT2D eigenvalue weighted by Crippen LogP contribution is 2.29. The topological polar surface area (TPSA) is 59.6 Å². The molecule has 0 unspecified atom stereocenters. The predicted octanol–water partition coefficient (Wildman–Crippen LogP) is 4.22. The van der Waals surface area contributed by atoms with Crippen molar-refractivity contribution >= 4 is 33.2 Å². The summed E-state index contributed by atoms with van der Waals surface area (Å²) in [5, 5.41) is 6.09. The molecule has 0 saturated carbocycles. The lowest BCUT2D eigenvalue weighted by molar-refractivity contribution is -0.115. The van der Waals surface area contributed by atoms with Gasteiger partial charge in [-0.3, -0.25) is 4.79 Å². The van der Waals surface area contributed by atoms with Crippen molar-refractivity contribution in [2.75, 3.05) is 31.4 Å². The zero-order valence-corrected chi connectivity index (χ0v) is 15.6. The number of carbonyl (C=O) groups excluding carboxylic acids is 1. The quantitative estimate of drug-likeness (QED) is 0.740. The van der Waals surface area contributed by atoms with Crippen molar-refractivity contribution in [2.45, 2.75) is 13.3 Å². The van der Waals surface area contributed by atoms with Gasteiger partial charge in [-0.1, -0.05) is 22.0 Å². The summed E-state index contributed by atoms with van der Waals surface area (Å²) in [7, 11) is 3.19. The average molecular weight is 393 g/mol. The number of benzene rings is 2. The zero-order chi connectivity index (χ0) is 17.5. The number of hydrogen-bond acceptors (Lipinski definition) is 4. The summed E-state index contributed by atoms with van der Waals surface area (Å²) in [4.78, 5) is 12.0. The Morgan fingerprint density at radius 1 is 1.04 bits per heavy atom. The van der Waals surface area contributed by atoms with Gasteiger partial charge in [0, 0.05) is 34.9 Å². The molecule has 0 aliphatic carbocycles. The molecule has 2 N–H and O–H groups in total. The number of methoxy groups -OCH3 is 2. The van der Waals surface area contributed by atoms with Gasteiger partial charge in [-0.15, -0.1) is 0 Å². The second kappa shape index (κ2) is 8.59. The molecule has 0 bridgehead atoms. The number of ether oxygens (including phenoxy) is 2. The Balaban J connectivity index is 1.85. The minimum atomic E-state index is -0.0428. The van der Waals surface area contributed by atoms with E-state index in [1.54, 1.807) is 14.2 Å². The summed E-state index contributed by atoms with van der Waals surface area (Å²) in [6.07, 6.45) is 0.361. The van der Waals surface area contributed by atoms with Crippen LogP contribution in [-0.2, 0) is 4.79 Å². The molecule has 0 spiro atoms. The first-order chi connectivity index (χ1) is 11.5. The van der Waals surface area contributed by atoms with E-state index in [2.05, 4.69) is 26.6 Å². The molecule has 6 heteroatoms. The van der Waals surface area contributed by atoms with Gasteiger partial charge in [-0.2, -0.15) is 0 Å². The maximum absolute atomic E-state index is 12.0. The monoisotopic (exact) mass is 392 g/mol. The number of rotatable bonds is 7. The Labute approximate surface area is 150 Å². The van der Waals surface area contributed by atoms with Gasteiger partial charge >= 0.3 is 0 Å². The summed E-state index contributed by atoms with van der Waals surface area (Å²) in [6, 6.07) is 11.3. The van der Waals surface area contributed by atoms with Crippen LogP contribution in [0.25, 0.3) is 0 Å². The number of halogens is 1. The van der Waals surface area contributed by atoms with Crippen molar-refractivity contribution in [3.8, 4) is 11.5 Å². The van der Waals surface area contributed by atoms with Crippen molar-refractivity contribution in [3.63, 3.8) is 0 Å². The van der Waals surface area contributed by atoms with E-state index in [-0.39, 0.29) is 5.91 Å². The Morgan fingerprint density at radius 2 is 1.75 bits per heavy atom. The molecule has 0 aliphatic heterocycles. The second-order valence-corrected chi connectivity index (χ2v) is 6.11. The predicted molar refractivity (Wildman–Crippen MR) is 100 cm³/mol. The van der Waals surface area contributed by atoms with Crippen molar-refractivity contribution in [3.05, 3.63) is 46.4 Å². The minimum Gasteiger partial charge on any atom is -0.493 e. The Morgan fingerprint density at radius 3 is 2.42 bits per heavy atom. The third-order valence-electron chi connectivity index (χ3n) is 3.52. The molecule has 0 radical (unpaired) electrons. The van der Waals surface area contributed by atoms with E-state index < -0.39 is 0 Å². The number of amides is 1. The lowest BCUT2D eigenvalue weighted by atomic mass is 10.2. The molecule has 2 aromatic rings. The Kier molecular flexibility index (Phi) is 6.49. The van der Waals surface area contributed by atoms with Gasteiger partial charge in [0.1, 0.15) is 0 Å². The van der Waals surface area contributed by atoms with E-state index in [4.69, 9.17) is 9.47 Å². The zero-order valence-electron chi connectivity index (χ0n) is 14.0. The van der Waals surface area contributed by atoms with Crippen molar-refractivity contribution in [1.82, 2.24) is 0 Å². The first-order valence-electron chi connectivity index (χ1n) is 7.55. The number of nitrogens with one attached hydrogen (secondary N) is 2. The maximum atomic E-state index is 12.0. The van der Waals surface area contributed by atoms with Crippen LogP contribution in [0.1, 0.15) is 12.0 Å². The molecule has 0 atom stereocenters. The van der Waals surface area contributed by atoms with E-state index in [1.165, 1.54) is 0 Å². The summed E-state index contributed by atoms with van der Waals surface area (Å²) in [5.41, 5.74) is 2.78. The van der Waals surface area contributed by atoms with E-state index in [0.29, 0.717) is 24.5 Å². The summed E-state index contributed by atoms with van der Waals surface area (Å²) >= 11 is 3.46. The fourth-order valence-electron chi connectivity index (χ4n) is 2.16. The lowest BCUT2D eigenvalue weighted by Gasteiger charge is -2.11. The molecule has 0 aromatic heterocycles. The average Bonchev–Trinajstić information content (AvgIpc) is 2.58. The standard InChI is InChI=1S/C18H21BrN2O3/c1-12-4-5-14(10-15(12)19)21-18(22)8-9-20-13-6-7-16(23-2)17(11-13)24-3/h4-7,10-11,20H,8-9H2,1-3H3,(H,21,22). The molecular weight excluding hydrogens is 372 g/mol. The van der Waals surface area contributed by atoms with E-state index in [9.17, 15) is 4.79 Å². The van der Waals surface area contributed by atoms with E-state index in [1.807, 2.05) is 43.3 Å². The molecule has 2 rings (SSSR count). The van der Waals surface area contributed by atoms with Gasteiger partial charge in [-0.05, 0) is 36.8 Å². The van der Waals surface area contributed by atoms with Crippen molar-refractivity contribution in [1.29, 1.82) is 0 Å². The first kappa shape index (κ1) is 18.1. The van der Waals surface area contributed by atoms with Gasteiger partial charge < -0.3 is 20.1 Å². The van der Waals surface area contributed by atoms with Crippen LogP contribution in [0.3, 0.4) is 0 Å². The van der Waals surface area contributed by atoms with Crippen LogP contribution in [0.2, 0.25) is 0 Å². The summed E-state index contributed by atoms with van der Waals surface area (Å²) in [6.45, 7) is 2.52. The fraction of sp³-hybridized carbons (Fsp3) is 0.278. The second-order valence-electron chi connectivity index (χ2n) is 5.26. The van der Waals surface area contributed by atoms with Gasteiger partial charge in [0.05, 0.1) is 14.2 Å². The summed E-state index contributed by atoms with van der Waals surface area (Å²) in [5.74, 6) is 1.28.